The molecule has 7 heteroatoms. The number of aryl methyl sites for hydroxylation is 1. The molecule has 4 aliphatic rings. The molecule has 3 heterocycles. The Morgan fingerprint density at radius 1 is 1.07 bits per heavy atom. The number of esters is 1. The highest BCUT2D eigenvalue weighted by molar-refractivity contribution is 5.73. The largest absolute Gasteiger partial charge is 0.485 e. The van der Waals surface area contributed by atoms with E-state index in [4.69, 9.17) is 14.2 Å². The standard InChI is InChI=1S/C37H43FN2O4/c1-23(36(41)43-3)34(25-7-8-25)27-9-6-24-11-14-31(44-32(24)21-27)26-10-12-29(35-30(38)13-15-33(39-35)42-2)28(20-26)22-40-19-5-4-16-37(40)17-18-37/h6,9-10,12-13,15,20-21,23,25,31,34H,4-5,7-8,11,14,16-19,22H2,1-3H3. The Bertz CT molecular complexity index is 1550. The summed E-state index contributed by atoms with van der Waals surface area (Å²) in [6.45, 7) is 3.82. The van der Waals surface area contributed by atoms with E-state index in [0.717, 1.165) is 66.8 Å². The van der Waals surface area contributed by atoms with Crippen LogP contribution in [-0.4, -0.2) is 42.2 Å². The average molecular weight is 599 g/mol. The maximum Gasteiger partial charge on any atom is 0.309 e. The molecule has 2 saturated carbocycles. The second kappa shape index (κ2) is 11.8. The van der Waals surface area contributed by atoms with Crippen LogP contribution in [0.25, 0.3) is 11.3 Å². The number of likely N-dealkylation sites (tertiary alicyclic amines) is 1. The molecule has 3 atom stereocenters. The number of aromatic nitrogens is 1. The van der Waals surface area contributed by atoms with Gasteiger partial charge in [0.05, 0.1) is 20.1 Å². The number of methoxy groups -OCH3 is 2. The molecule has 1 spiro atoms. The normalized spacial score (nSPS) is 22.0. The monoisotopic (exact) mass is 598 g/mol. The minimum absolute atomic E-state index is 0.109. The van der Waals surface area contributed by atoms with Crippen LogP contribution in [0.2, 0.25) is 0 Å². The van der Waals surface area contributed by atoms with Crippen LogP contribution in [0.3, 0.4) is 0 Å². The zero-order valence-corrected chi connectivity index (χ0v) is 26.1. The highest BCUT2D eigenvalue weighted by Gasteiger charge is 2.48. The number of hydrogen-bond acceptors (Lipinski definition) is 6. The predicted octanol–water partition coefficient (Wildman–Crippen LogP) is 7.78. The molecule has 2 aliphatic carbocycles. The zero-order valence-electron chi connectivity index (χ0n) is 26.1. The Morgan fingerprint density at radius 3 is 2.66 bits per heavy atom. The van der Waals surface area contributed by atoms with Crippen LogP contribution >= 0.6 is 0 Å². The summed E-state index contributed by atoms with van der Waals surface area (Å²) >= 11 is 0. The van der Waals surface area contributed by atoms with E-state index in [2.05, 4.69) is 40.2 Å². The summed E-state index contributed by atoms with van der Waals surface area (Å²) in [4.78, 5) is 19.7. The molecule has 44 heavy (non-hydrogen) atoms. The van der Waals surface area contributed by atoms with Gasteiger partial charge in [-0.05, 0) is 104 Å². The average Bonchev–Trinajstić information content (AvgIpc) is 4.00. The predicted molar refractivity (Wildman–Crippen MR) is 167 cm³/mol. The SMILES string of the molecule is COC(=O)C(C)C(c1ccc2c(c1)OC(c1ccc(-c3nc(OC)ccc3F)c(CN3CCCCC34CC4)c1)CC2)C1CC1. The van der Waals surface area contributed by atoms with E-state index in [1.807, 2.05) is 13.0 Å². The van der Waals surface area contributed by atoms with Crippen molar-refractivity contribution in [3.8, 4) is 22.9 Å². The van der Waals surface area contributed by atoms with Gasteiger partial charge in [0, 0.05) is 23.7 Å². The molecule has 3 fully saturated rings. The highest BCUT2D eigenvalue weighted by Crippen LogP contribution is 2.50. The third kappa shape index (κ3) is 5.60. The fourth-order valence-corrected chi connectivity index (χ4v) is 7.80. The number of halogens is 1. The second-order valence-electron chi connectivity index (χ2n) is 13.4. The number of piperidine rings is 1. The van der Waals surface area contributed by atoms with Crippen LogP contribution in [0, 0.1) is 17.7 Å². The summed E-state index contributed by atoms with van der Waals surface area (Å²) in [6.07, 6.45) is 10.2. The maximum atomic E-state index is 15.2. The number of nitrogens with zero attached hydrogens (tertiary/aromatic N) is 2. The van der Waals surface area contributed by atoms with Gasteiger partial charge in [-0.2, -0.15) is 0 Å². The van der Waals surface area contributed by atoms with Gasteiger partial charge >= 0.3 is 5.97 Å². The smallest absolute Gasteiger partial charge is 0.309 e. The number of hydrogen-bond donors (Lipinski definition) is 0. The Balaban J connectivity index is 1.21. The van der Waals surface area contributed by atoms with Crippen molar-refractivity contribution in [3.05, 3.63) is 76.6 Å². The minimum atomic E-state index is -0.346. The van der Waals surface area contributed by atoms with E-state index in [-0.39, 0.29) is 29.7 Å². The lowest BCUT2D eigenvalue weighted by Gasteiger charge is -2.37. The third-order valence-electron chi connectivity index (χ3n) is 10.6. The number of ether oxygens (including phenoxy) is 3. The maximum absolute atomic E-state index is 15.2. The van der Waals surface area contributed by atoms with Gasteiger partial charge in [-0.25, -0.2) is 9.37 Å². The number of rotatable bonds is 9. The first-order valence-corrected chi connectivity index (χ1v) is 16.4. The van der Waals surface area contributed by atoms with Crippen molar-refractivity contribution in [2.75, 3.05) is 20.8 Å². The van der Waals surface area contributed by atoms with Gasteiger partial charge in [0.1, 0.15) is 23.4 Å². The quantitative estimate of drug-likeness (QED) is 0.235. The first-order valence-electron chi connectivity index (χ1n) is 16.4. The fourth-order valence-electron chi connectivity index (χ4n) is 7.80. The Morgan fingerprint density at radius 2 is 1.91 bits per heavy atom. The number of carbonyl (C=O) groups is 1. The molecule has 0 N–H and O–H groups in total. The summed E-state index contributed by atoms with van der Waals surface area (Å²) in [6, 6.07) is 15.9. The van der Waals surface area contributed by atoms with Gasteiger partial charge in [0.15, 0.2) is 0 Å². The van der Waals surface area contributed by atoms with Crippen molar-refractivity contribution in [2.45, 2.75) is 88.8 Å². The van der Waals surface area contributed by atoms with Crippen molar-refractivity contribution < 1.29 is 23.4 Å². The van der Waals surface area contributed by atoms with Crippen molar-refractivity contribution >= 4 is 5.97 Å². The number of benzene rings is 2. The van der Waals surface area contributed by atoms with E-state index in [1.54, 1.807) is 13.2 Å². The molecule has 0 bridgehead atoms. The summed E-state index contributed by atoms with van der Waals surface area (Å²) in [5.74, 6) is 1.24. The first kappa shape index (κ1) is 29.3. The van der Waals surface area contributed by atoms with Crippen LogP contribution in [0.15, 0.2) is 48.5 Å². The lowest BCUT2D eigenvalue weighted by Crippen LogP contribution is -2.40. The molecule has 0 amide bonds. The third-order valence-corrected chi connectivity index (χ3v) is 10.6. The molecular weight excluding hydrogens is 555 g/mol. The Labute approximate surface area is 259 Å². The van der Waals surface area contributed by atoms with Crippen molar-refractivity contribution in [2.24, 2.45) is 11.8 Å². The van der Waals surface area contributed by atoms with Gasteiger partial charge < -0.3 is 14.2 Å². The summed E-state index contributed by atoms with van der Waals surface area (Å²) < 4.78 is 32.5. The molecule has 6 nitrogen and oxygen atoms in total. The van der Waals surface area contributed by atoms with Gasteiger partial charge in [-0.3, -0.25) is 9.69 Å². The van der Waals surface area contributed by atoms with Crippen molar-refractivity contribution in [3.63, 3.8) is 0 Å². The van der Waals surface area contributed by atoms with E-state index in [0.29, 0.717) is 23.0 Å². The molecule has 3 aromatic rings. The van der Waals surface area contributed by atoms with Crippen LogP contribution in [0.4, 0.5) is 4.39 Å². The lowest BCUT2D eigenvalue weighted by atomic mass is 9.82. The van der Waals surface area contributed by atoms with E-state index < -0.39 is 0 Å². The molecule has 1 aromatic heterocycles. The van der Waals surface area contributed by atoms with Gasteiger partial charge in [-0.1, -0.05) is 43.7 Å². The minimum Gasteiger partial charge on any atom is -0.485 e. The van der Waals surface area contributed by atoms with Crippen molar-refractivity contribution in [1.82, 2.24) is 9.88 Å². The highest BCUT2D eigenvalue weighted by atomic mass is 19.1. The van der Waals surface area contributed by atoms with Gasteiger partial charge in [0.25, 0.3) is 0 Å². The summed E-state index contributed by atoms with van der Waals surface area (Å²) in [5.41, 5.74) is 5.99. The van der Waals surface area contributed by atoms with E-state index in [1.165, 1.54) is 50.8 Å². The lowest BCUT2D eigenvalue weighted by molar-refractivity contribution is -0.145. The van der Waals surface area contributed by atoms with E-state index in [9.17, 15) is 4.79 Å². The van der Waals surface area contributed by atoms with Crippen LogP contribution in [0.5, 0.6) is 11.6 Å². The second-order valence-corrected chi connectivity index (χ2v) is 13.4. The topological polar surface area (TPSA) is 60.9 Å². The van der Waals surface area contributed by atoms with E-state index >= 15 is 4.39 Å². The fraction of sp³-hybridized carbons (Fsp3) is 0.514. The van der Waals surface area contributed by atoms with Gasteiger partial charge in [-0.15, -0.1) is 0 Å². The molecule has 3 unspecified atom stereocenters. The van der Waals surface area contributed by atoms with Crippen LogP contribution in [-0.2, 0) is 22.5 Å². The van der Waals surface area contributed by atoms with Crippen molar-refractivity contribution in [1.29, 1.82) is 0 Å². The molecule has 0 radical (unpaired) electrons. The number of fused-ring (bicyclic) bond motifs is 1. The zero-order chi connectivity index (χ0) is 30.4. The van der Waals surface area contributed by atoms with Crippen LogP contribution < -0.4 is 9.47 Å². The summed E-state index contributed by atoms with van der Waals surface area (Å²) in [5, 5.41) is 0. The number of pyridine rings is 1. The van der Waals surface area contributed by atoms with Gasteiger partial charge in [0.2, 0.25) is 5.88 Å². The molecule has 2 aromatic carbocycles. The summed E-state index contributed by atoms with van der Waals surface area (Å²) in [7, 11) is 3.03. The first-order chi connectivity index (χ1) is 21.4. The Hall–Kier alpha value is -3.45. The number of carbonyl (C=O) groups excluding carboxylic acids is 1. The van der Waals surface area contributed by atoms with Crippen LogP contribution in [0.1, 0.15) is 92.6 Å². The Kier molecular flexibility index (Phi) is 7.86. The molecule has 1 saturated heterocycles. The molecular formula is C37H43FN2O4. The molecule has 7 rings (SSSR count). The molecule has 232 valence electrons. The molecule has 2 aliphatic heterocycles.